The van der Waals surface area contributed by atoms with E-state index in [-0.39, 0.29) is 12.5 Å². The van der Waals surface area contributed by atoms with Crippen LogP contribution in [0.25, 0.3) is 0 Å². The number of hydrogen-bond acceptors (Lipinski definition) is 3. The molecule has 1 unspecified atom stereocenters. The highest BCUT2D eigenvalue weighted by atomic mass is 19.4. The molecule has 1 aromatic carbocycles. The Morgan fingerprint density at radius 2 is 1.91 bits per heavy atom. The first kappa shape index (κ1) is 19.0. The summed E-state index contributed by atoms with van der Waals surface area (Å²) in [6.07, 6.45) is -3.96. The second-order valence-electron chi connectivity index (χ2n) is 5.59. The molecule has 1 aromatic rings. The first-order valence-corrected chi connectivity index (χ1v) is 7.24. The van der Waals surface area contributed by atoms with Gasteiger partial charge in [-0.15, -0.1) is 0 Å². The summed E-state index contributed by atoms with van der Waals surface area (Å²) in [5.74, 6) is 0.00334. The molecule has 23 heavy (non-hydrogen) atoms. The number of hydrogen-bond donors (Lipinski definition) is 1. The second kappa shape index (κ2) is 8.55. The smallest absolute Gasteiger partial charge is 0.422 e. The van der Waals surface area contributed by atoms with E-state index in [0.717, 1.165) is 11.1 Å². The Morgan fingerprint density at radius 3 is 2.43 bits per heavy atom. The van der Waals surface area contributed by atoms with Crippen molar-refractivity contribution in [3.63, 3.8) is 0 Å². The van der Waals surface area contributed by atoms with Crippen LogP contribution in [-0.2, 0) is 4.74 Å². The van der Waals surface area contributed by atoms with E-state index in [1.54, 1.807) is 6.21 Å². The van der Waals surface area contributed by atoms with Crippen LogP contribution in [0, 0.1) is 12.8 Å². The number of alkyl carbamates (subject to hydrolysis) is 1. The van der Waals surface area contributed by atoms with Crippen molar-refractivity contribution < 1.29 is 22.7 Å². The van der Waals surface area contributed by atoms with Crippen LogP contribution < -0.4 is 5.32 Å². The quantitative estimate of drug-likeness (QED) is 0.808. The number of carbonyl (C=O) groups excluding carboxylic acids is 1. The van der Waals surface area contributed by atoms with Crippen molar-refractivity contribution in [1.29, 1.82) is 0 Å². The number of ether oxygens (including phenoxy) is 1. The van der Waals surface area contributed by atoms with Gasteiger partial charge in [-0.25, -0.2) is 4.79 Å². The Hall–Kier alpha value is -2.05. The lowest BCUT2D eigenvalue weighted by Gasteiger charge is -2.20. The van der Waals surface area contributed by atoms with Crippen LogP contribution in [0.4, 0.5) is 18.0 Å². The minimum atomic E-state index is -4.53. The lowest BCUT2D eigenvalue weighted by Crippen LogP contribution is -2.42. The van der Waals surface area contributed by atoms with Gasteiger partial charge in [-0.2, -0.15) is 13.2 Å². The molecule has 0 saturated carbocycles. The molecule has 0 saturated heterocycles. The lowest BCUT2D eigenvalue weighted by atomic mass is 10.1. The lowest BCUT2D eigenvalue weighted by molar-refractivity contribution is -0.160. The Balaban J connectivity index is 2.51. The number of aryl methyl sites for hydroxylation is 1. The molecular formula is C16H21F3N2O2. The van der Waals surface area contributed by atoms with Gasteiger partial charge in [0.1, 0.15) is 0 Å². The minimum absolute atomic E-state index is 0.00334. The fourth-order valence-corrected chi connectivity index (χ4v) is 1.69. The summed E-state index contributed by atoms with van der Waals surface area (Å²) in [5.41, 5.74) is 2.05. The maximum atomic E-state index is 12.0. The Labute approximate surface area is 133 Å². The average Bonchev–Trinajstić information content (AvgIpc) is 2.45. The van der Waals surface area contributed by atoms with E-state index < -0.39 is 24.9 Å². The van der Waals surface area contributed by atoms with Gasteiger partial charge in [0.05, 0.1) is 12.6 Å². The van der Waals surface area contributed by atoms with Crippen LogP contribution >= 0.6 is 0 Å². The van der Waals surface area contributed by atoms with Gasteiger partial charge < -0.3 is 10.1 Å². The molecule has 128 valence electrons. The number of amides is 1. The van der Waals surface area contributed by atoms with Crippen molar-refractivity contribution in [2.45, 2.75) is 33.0 Å². The van der Waals surface area contributed by atoms with Gasteiger partial charge in [-0.1, -0.05) is 43.7 Å². The summed E-state index contributed by atoms with van der Waals surface area (Å²) in [6.45, 7) is 4.32. The topological polar surface area (TPSA) is 50.7 Å². The molecule has 1 rings (SSSR count). The highest BCUT2D eigenvalue weighted by Gasteiger charge is 2.30. The highest BCUT2D eigenvalue weighted by molar-refractivity contribution is 5.79. The van der Waals surface area contributed by atoms with E-state index in [1.807, 2.05) is 45.0 Å². The van der Waals surface area contributed by atoms with E-state index >= 15 is 0 Å². The summed E-state index contributed by atoms with van der Waals surface area (Å²) in [6, 6.07) is 7.32. The molecule has 0 aliphatic carbocycles. The number of benzene rings is 1. The van der Waals surface area contributed by atoms with Crippen molar-refractivity contribution >= 4 is 12.3 Å². The third-order valence-corrected chi connectivity index (χ3v) is 3.09. The van der Waals surface area contributed by atoms with E-state index in [2.05, 4.69) is 15.0 Å². The molecule has 4 nitrogen and oxygen atoms in total. The molecule has 1 atom stereocenters. The molecule has 1 amide bonds. The summed E-state index contributed by atoms with van der Waals surface area (Å²) in [7, 11) is 0. The van der Waals surface area contributed by atoms with Crippen molar-refractivity contribution in [2.24, 2.45) is 10.9 Å². The standard InChI is InChI=1S/C16H21F3N2O2/c1-11(2)14(21-15(22)23-10-16(17,18)19)9-20-8-13-6-4-12(3)5-7-13/h4-8,11,14H,9-10H2,1-3H3,(H,21,22). The third kappa shape index (κ3) is 8.23. The van der Waals surface area contributed by atoms with E-state index in [9.17, 15) is 18.0 Å². The molecule has 0 aliphatic heterocycles. The molecule has 1 N–H and O–H groups in total. The summed E-state index contributed by atoms with van der Waals surface area (Å²) in [5, 5.41) is 2.41. The predicted octanol–water partition coefficient (Wildman–Crippen LogP) is 3.73. The van der Waals surface area contributed by atoms with E-state index in [4.69, 9.17) is 0 Å². The van der Waals surface area contributed by atoms with Crippen LogP contribution in [0.1, 0.15) is 25.0 Å². The number of alkyl halides is 3. The largest absolute Gasteiger partial charge is 0.440 e. The van der Waals surface area contributed by atoms with Gasteiger partial charge >= 0.3 is 12.3 Å². The first-order valence-electron chi connectivity index (χ1n) is 7.24. The van der Waals surface area contributed by atoms with Crippen LogP contribution in [0.2, 0.25) is 0 Å². The Morgan fingerprint density at radius 1 is 1.30 bits per heavy atom. The zero-order chi connectivity index (χ0) is 17.5. The zero-order valence-electron chi connectivity index (χ0n) is 13.4. The van der Waals surface area contributed by atoms with Crippen LogP contribution in [0.15, 0.2) is 29.3 Å². The van der Waals surface area contributed by atoms with Gasteiger partial charge in [0.2, 0.25) is 0 Å². The molecule has 0 bridgehead atoms. The Kier molecular flexibility index (Phi) is 7.06. The van der Waals surface area contributed by atoms with Crippen molar-refractivity contribution in [2.75, 3.05) is 13.2 Å². The summed E-state index contributed by atoms with van der Waals surface area (Å²) >= 11 is 0. The zero-order valence-corrected chi connectivity index (χ0v) is 13.4. The van der Waals surface area contributed by atoms with E-state index in [1.165, 1.54) is 0 Å². The molecule has 0 spiro atoms. The number of carbonyl (C=O) groups is 1. The number of rotatable bonds is 6. The molecule has 0 radical (unpaired) electrons. The fourth-order valence-electron chi connectivity index (χ4n) is 1.69. The monoisotopic (exact) mass is 330 g/mol. The maximum absolute atomic E-state index is 12.0. The fraction of sp³-hybridized carbons (Fsp3) is 0.500. The molecule has 0 fully saturated rings. The molecule has 7 heteroatoms. The molecule has 0 heterocycles. The van der Waals surface area contributed by atoms with Gasteiger partial charge in [0, 0.05) is 6.21 Å². The number of nitrogens with one attached hydrogen (secondary N) is 1. The van der Waals surface area contributed by atoms with Crippen LogP contribution in [0.5, 0.6) is 0 Å². The SMILES string of the molecule is Cc1ccc(C=NCC(NC(=O)OCC(F)(F)F)C(C)C)cc1. The summed E-state index contributed by atoms with van der Waals surface area (Å²) in [4.78, 5) is 15.6. The Bertz CT molecular complexity index is 525. The van der Waals surface area contributed by atoms with Gasteiger partial charge in [0.25, 0.3) is 0 Å². The average molecular weight is 330 g/mol. The molecule has 0 aromatic heterocycles. The minimum Gasteiger partial charge on any atom is -0.440 e. The normalized spacial score (nSPS) is 13.3. The van der Waals surface area contributed by atoms with Crippen molar-refractivity contribution in [1.82, 2.24) is 5.32 Å². The number of nitrogens with zero attached hydrogens (tertiary/aromatic N) is 1. The van der Waals surface area contributed by atoms with Gasteiger partial charge in [-0.05, 0) is 18.4 Å². The molecule has 0 aliphatic rings. The van der Waals surface area contributed by atoms with Gasteiger partial charge in [-0.3, -0.25) is 4.99 Å². The number of aliphatic imine (C=N–C) groups is 1. The van der Waals surface area contributed by atoms with Crippen molar-refractivity contribution in [3.05, 3.63) is 35.4 Å². The van der Waals surface area contributed by atoms with Crippen LogP contribution in [-0.4, -0.2) is 37.7 Å². The third-order valence-electron chi connectivity index (χ3n) is 3.09. The highest BCUT2D eigenvalue weighted by Crippen LogP contribution is 2.14. The first-order chi connectivity index (χ1) is 10.7. The second-order valence-corrected chi connectivity index (χ2v) is 5.59. The number of halogens is 3. The predicted molar refractivity (Wildman–Crippen MR) is 82.8 cm³/mol. The summed E-state index contributed by atoms with van der Waals surface area (Å²) < 4.78 is 40.1. The molecular weight excluding hydrogens is 309 g/mol. The van der Waals surface area contributed by atoms with Crippen molar-refractivity contribution in [3.8, 4) is 0 Å². The van der Waals surface area contributed by atoms with Gasteiger partial charge in [0.15, 0.2) is 6.61 Å². The van der Waals surface area contributed by atoms with Crippen LogP contribution in [0.3, 0.4) is 0 Å². The van der Waals surface area contributed by atoms with E-state index in [0.29, 0.717) is 0 Å². The maximum Gasteiger partial charge on any atom is 0.422 e.